The van der Waals surface area contributed by atoms with Crippen molar-refractivity contribution in [1.82, 2.24) is 5.32 Å². The molecule has 1 amide bonds. The van der Waals surface area contributed by atoms with Crippen molar-refractivity contribution in [3.8, 4) is 0 Å². The average Bonchev–Trinajstić information content (AvgIpc) is 2.86. The number of nitrogens with two attached hydrogens (primary N) is 1. The van der Waals surface area contributed by atoms with E-state index in [0.29, 0.717) is 11.1 Å². The van der Waals surface area contributed by atoms with Crippen LogP contribution >= 0.6 is 0 Å². The third-order valence-corrected chi connectivity index (χ3v) is 5.57. The lowest BCUT2D eigenvalue weighted by molar-refractivity contribution is -0.120. The molecule has 5 heteroatoms. The van der Waals surface area contributed by atoms with Crippen LogP contribution in [0, 0.1) is 0 Å². The fraction of sp³-hybridized carbons (Fsp3) is 0.185. The summed E-state index contributed by atoms with van der Waals surface area (Å²) in [4.78, 5) is 25.9. The van der Waals surface area contributed by atoms with Gasteiger partial charge in [0.05, 0.1) is 12.1 Å². The van der Waals surface area contributed by atoms with E-state index >= 15 is 0 Å². The quantitative estimate of drug-likeness (QED) is 0.358. The number of amides is 1. The van der Waals surface area contributed by atoms with Gasteiger partial charge in [0.25, 0.3) is 0 Å². The van der Waals surface area contributed by atoms with Gasteiger partial charge in [-0.15, -0.1) is 0 Å². The van der Waals surface area contributed by atoms with Crippen LogP contribution in [0.1, 0.15) is 34.8 Å². The standard InChI is InChI=1S/C27H28N2O3/c1-2-27(32,22-16-10-5-11-17-22)26(24(28)25(31)21-14-8-4-9-15-21)29-23(30)19-18-20-12-6-3-7-13-20/h3-19,24,26,32H,2,28H2,1H3,(H,29,30). The zero-order valence-corrected chi connectivity index (χ0v) is 18.0. The number of hydrogen-bond acceptors (Lipinski definition) is 4. The van der Waals surface area contributed by atoms with Crippen LogP contribution in [0.5, 0.6) is 0 Å². The normalized spacial score (nSPS) is 15.0. The molecule has 0 aliphatic heterocycles. The summed E-state index contributed by atoms with van der Waals surface area (Å²) in [6.07, 6.45) is 3.30. The lowest BCUT2D eigenvalue weighted by Crippen LogP contribution is -2.61. The number of ketones is 1. The van der Waals surface area contributed by atoms with Crippen molar-refractivity contribution in [2.45, 2.75) is 31.0 Å². The third-order valence-electron chi connectivity index (χ3n) is 5.57. The Balaban J connectivity index is 1.94. The molecule has 0 aliphatic carbocycles. The molecule has 3 unspecified atom stereocenters. The maximum Gasteiger partial charge on any atom is 0.244 e. The lowest BCUT2D eigenvalue weighted by Gasteiger charge is -2.39. The highest BCUT2D eigenvalue weighted by molar-refractivity contribution is 6.01. The smallest absolute Gasteiger partial charge is 0.244 e. The van der Waals surface area contributed by atoms with E-state index in [1.807, 2.05) is 42.5 Å². The Morgan fingerprint density at radius 2 is 1.47 bits per heavy atom. The first kappa shape index (κ1) is 23.1. The summed E-state index contributed by atoms with van der Waals surface area (Å²) >= 11 is 0. The number of aliphatic hydroxyl groups is 1. The predicted octanol–water partition coefficient (Wildman–Crippen LogP) is 3.69. The van der Waals surface area contributed by atoms with Gasteiger partial charge in [-0.2, -0.15) is 0 Å². The molecule has 3 atom stereocenters. The Bertz CT molecular complexity index is 1050. The molecule has 0 fully saturated rings. The second-order valence-corrected chi connectivity index (χ2v) is 7.63. The number of Topliss-reactive ketones (excluding diaryl/α,β-unsaturated/α-hetero) is 1. The summed E-state index contributed by atoms with van der Waals surface area (Å²) in [6, 6.07) is 24.8. The van der Waals surface area contributed by atoms with Crippen molar-refractivity contribution < 1.29 is 14.7 Å². The number of carbonyl (C=O) groups excluding carboxylic acids is 2. The summed E-state index contributed by atoms with van der Waals surface area (Å²) in [6.45, 7) is 1.80. The van der Waals surface area contributed by atoms with Gasteiger partial charge in [0.15, 0.2) is 5.78 Å². The molecule has 3 aromatic rings. The third kappa shape index (κ3) is 5.38. The maximum absolute atomic E-state index is 13.1. The molecule has 0 radical (unpaired) electrons. The second kappa shape index (κ2) is 10.7. The van der Waals surface area contributed by atoms with E-state index in [4.69, 9.17) is 5.73 Å². The van der Waals surface area contributed by atoms with Crippen molar-refractivity contribution >= 4 is 17.8 Å². The first-order valence-corrected chi connectivity index (χ1v) is 10.6. The van der Waals surface area contributed by atoms with Crippen LogP contribution in [0.3, 0.4) is 0 Å². The van der Waals surface area contributed by atoms with Crippen LogP contribution in [0.25, 0.3) is 6.08 Å². The first-order chi connectivity index (χ1) is 15.5. The van der Waals surface area contributed by atoms with Crippen LogP contribution in [0.2, 0.25) is 0 Å². The molecule has 32 heavy (non-hydrogen) atoms. The summed E-state index contributed by atoms with van der Waals surface area (Å²) in [5, 5.41) is 14.5. The molecule has 4 N–H and O–H groups in total. The number of nitrogens with one attached hydrogen (secondary N) is 1. The molecule has 0 saturated carbocycles. The molecule has 164 valence electrons. The summed E-state index contributed by atoms with van der Waals surface area (Å²) in [5.41, 5.74) is 6.72. The Labute approximate surface area is 188 Å². The fourth-order valence-electron chi connectivity index (χ4n) is 3.72. The molecule has 0 saturated heterocycles. The molecule has 0 aliphatic rings. The molecular formula is C27H28N2O3. The minimum atomic E-state index is -1.54. The second-order valence-electron chi connectivity index (χ2n) is 7.63. The zero-order valence-electron chi connectivity index (χ0n) is 18.0. The largest absolute Gasteiger partial charge is 0.383 e. The topological polar surface area (TPSA) is 92.4 Å². The van der Waals surface area contributed by atoms with E-state index in [9.17, 15) is 14.7 Å². The van der Waals surface area contributed by atoms with Crippen LogP contribution in [0.15, 0.2) is 97.1 Å². The minimum Gasteiger partial charge on any atom is -0.383 e. The van der Waals surface area contributed by atoms with Gasteiger partial charge in [0, 0.05) is 11.6 Å². The fourth-order valence-corrected chi connectivity index (χ4v) is 3.72. The van der Waals surface area contributed by atoms with E-state index in [2.05, 4.69) is 5.32 Å². The van der Waals surface area contributed by atoms with Crippen molar-refractivity contribution in [3.05, 3.63) is 114 Å². The molecule has 0 spiro atoms. The maximum atomic E-state index is 13.1. The predicted molar refractivity (Wildman–Crippen MR) is 127 cm³/mol. The van der Waals surface area contributed by atoms with E-state index in [1.54, 1.807) is 61.5 Å². The van der Waals surface area contributed by atoms with Crippen molar-refractivity contribution in [1.29, 1.82) is 0 Å². The van der Waals surface area contributed by atoms with Crippen molar-refractivity contribution in [2.24, 2.45) is 5.73 Å². The SMILES string of the molecule is CCC(O)(c1ccccc1)C(NC(=O)C=Cc1ccccc1)C(N)C(=O)c1ccccc1. The van der Waals surface area contributed by atoms with E-state index < -0.39 is 23.6 Å². The average molecular weight is 429 g/mol. The van der Waals surface area contributed by atoms with Gasteiger partial charge in [0.2, 0.25) is 5.91 Å². The van der Waals surface area contributed by atoms with Gasteiger partial charge in [-0.25, -0.2) is 0 Å². The first-order valence-electron chi connectivity index (χ1n) is 10.6. The highest BCUT2D eigenvalue weighted by Gasteiger charge is 2.43. The molecule has 0 heterocycles. The Hall–Kier alpha value is -3.54. The van der Waals surface area contributed by atoms with Crippen LogP contribution in [0.4, 0.5) is 0 Å². The molecule has 5 nitrogen and oxygen atoms in total. The Morgan fingerprint density at radius 1 is 0.938 bits per heavy atom. The van der Waals surface area contributed by atoms with Crippen LogP contribution in [-0.4, -0.2) is 28.9 Å². The van der Waals surface area contributed by atoms with Crippen LogP contribution < -0.4 is 11.1 Å². The van der Waals surface area contributed by atoms with E-state index in [1.165, 1.54) is 6.08 Å². The lowest BCUT2D eigenvalue weighted by atomic mass is 9.78. The van der Waals surface area contributed by atoms with E-state index in [-0.39, 0.29) is 12.2 Å². The molecule has 3 rings (SSSR count). The summed E-state index contributed by atoms with van der Waals surface area (Å²) in [7, 11) is 0. The Morgan fingerprint density at radius 3 is 2.03 bits per heavy atom. The van der Waals surface area contributed by atoms with Gasteiger partial charge < -0.3 is 16.2 Å². The monoisotopic (exact) mass is 428 g/mol. The van der Waals surface area contributed by atoms with Gasteiger partial charge in [-0.1, -0.05) is 97.9 Å². The molecule has 0 bridgehead atoms. The number of rotatable bonds is 9. The minimum absolute atomic E-state index is 0.250. The highest BCUT2D eigenvalue weighted by Crippen LogP contribution is 2.31. The van der Waals surface area contributed by atoms with Gasteiger partial charge in [-0.3, -0.25) is 9.59 Å². The summed E-state index contributed by atoms with van der Waals surface area (Å²) < 4.78 is 0. The van der Waals surface area contributed by atoms with Gasteiger partial charge in [-0.05, 0) is 23.6 Å². The van der Waals surface area contributed by atoms with Crippen molar-refractivity contribution in [3.63, 3.8) is 0 Å². The Kier molecular flexibility index (Phi) is 7.71. The zero-order chi connectivity index (χ0) is 23.0. The molecule has 3 aromatic carbocycles. The van der Waals surface area contributed by atoms with E-state index in [0.717, 1.165) is 5.56 Å². The highest BCUT2D eigenvalue weighted by atomic mass is 16.3. The molecular weight excluding hydrogens is 400 g/mol. The van der Waals surface area contributed by atoms with Gasteiger partial charge >= 0.3 is 0 Å². The molecule has 0 aromatic heterocycles. The number of carbonyl (C=O) groups is 2. The summed E-state index contributed by atoms with van der Waals surface area (Å²) in [5.74, 6) is -0.802. The number of benzene rings is 3. The number of hydrogen-bond donors (Lipinski definition) is 3. The van der Waals surface area contributed by atoms with Crippen LogP contribution in [-0.2, 0) is 10.4 Å². The van der Waals surface area contributed by atoms with Crippen molar-refractivity contribution in [2.75, 3.05) is 0 Å². The van der Waals surface area contributed by atoms with Gasteiger partial charge in [0.1, 0.15) is 5.60 Å².